The van der Waals surface area contributed by atoms with E-state index < -0.39 is 12.0 Å². The van der Waals surface area contributed by atoms with Gasteiger partial charge in [0.1, 0.15) is 6.04 Å². The van der Waals surface area contributed by atoms with Crippen molar-refractivity contribution in [1.29, 1.82) is 0 Å². The van der Waals surface area contributed by atoms with Crippen molar-refractivity contribution in [2.24, 2.45) is 0 Å². The van der Waals surface area contributed by atoms with Gasteiger partial charge in [0.05, 0.1) is 0 Å². The maximum atomic E-state index is 10.9. The molecule has 0 bridgehead atoms. The number of amides is 1. The van der Waals surface area contributed by atoms with Gasteiger partial charge in [-0.15, -0.1) is 0 Å². The minimum atomic E-state index is -1.02. The van der Waals surface area contributed by atoms with Gasteiger partial charge in [0.2, 0.25) is 5.91 Å². The SMILES string of the molecule is CC(=O)NC(Cc1cccc(C)c1)C(=O)O. The van der Waals surface area contributed by atoms with E-state index in [0.29, 0.717) is 6.42 Å². The predicted octanol–water partition coefficient (Wildman–Crippen LogP) is 1.13. The molecule has 0 aliphatic heterocycles. The van der Waals surface area contributed by atoms with E-state index in [1.807, 2.05) is 31.2 Å². The number of aliphatic carboxylic acids is 1. The van der Waals surface area contributed by atoms with Crippen LogP contribution in [0, 0.1) is 6.92 Å². The molecule has 2 N–H and O–H groups in total. The fraction of sp³-hybridized carbons (Fsp3) is 0.333. The second-order valence-corrected chi connectivity index (χ2v) is 3.78. The molecule has 1 atom stereocenters. The van der Waals surface area contributed by atoms with Crippen LogP contribution in [0.2, 0.25) is 0 Å². The maximum Gasteiger partial charge on any atom is 0.326 e. The molecular weight excluding hydrogens is 206 g/mol. The molecule has 4 heteroatoms. The van der Waals surface area contributed by atoms with Gasteiger partial charge in [0.25, 0.3) is 0 Å². The summed E-state index contributed by atoms with van der Waals surface area (Å²) in [6.07, 6.45) is 0.302. The normalized spacial score (nSPS) is 11.9. The zero-order chi connectivity index (χ0) is 12.1. The van der Waals surface area contributed by atoms with Crippen LogP contribution in [0.15, 0.2) is 24.3 Å². The molecule has 1 rings (SSSR count). The molecule has 0 aromatic heterocycles. The second-order valence-electron chi connectivity index (χ2n) is 3.78. The van der Waals surface area contributed by atoms with Crippen molar-refractivity contribution in [3.05, 3.63) is 35.4 Å². The Hall–Kier alpha value is -1.84. The summed E-state index contributed by atoms with van der Waals surface area (Å²) in [5.74, 6) is -1.35. The topological polar surface area (TPSA) is 66.4 Å². The molecule has 0 saturated carbocycles. The molecule has 0 heterocycles. The van der Waals surface area contributed by atoms with Gasteiger partial charge in [-0.3, -0.25) is 4.79 Å². The molecule has 1 aromatic rings. The molecule has 0 aliphatic carbocycles. The van der Waals surface area contributed by atoms with E-state index >= 15 is 0 Å². The second kappa shape index (κ2) is 5.30. The molecule has 0 fully saturated rings. The fourth-order valence-corrected chi connectivity index (χ4v) is 1.52. The Labute approximate surface area is 94.3 Å². The summed E-state index contributed by atoms with van der Waals surface area (Å²) in [5, 5.41) is 11.3. The highest BCUT2D eigenvalue weighted by molar-refractivity contribution is 5.82. The summed E-state index contributed by atoms with van der Waals surface area (Å²) in [5.41, 5.74) is 1.98. The van der Waals surface area contributed by atoms with Crippen LogP contribution in [0.4, 0.5) is 0 Å². The number of hydrogen-bond donors (Lipinski definition) is 2. The lowest BCUT2D eigenvalue weighted by atomic mass is 10.0. The van der Waals surface area contributed by atoms with Gasteiger partial charge in [-0.2, -0.15) is 0 Å². The number of carbonyl (C=O) groups is 2. The maximum absolute atomic E-state index is 10.9. The minimum Gasteiger partial charge on any atom is -0.480 e. The Bertz CT molecular complexity index is 401. The van der Waals surface area contributed by atoms with Crippen molar-refractivity contribution >= 4 is 11.9 Å². The first-order valence-corrected chi connectivity index (χ1v) is 5.04. The van der Waals surface area contributed by atoms with Crippen LogP contribution >= 0.6 is 0 Å². The molecule has 1 amide bonds. The van der Waals surface area contributed by atoms with E-state index in [-0.39, 0.29) is 5.91 Å². The summed E-state index contributed by atoms with van der Waals surface area (Å²) < 4.78 is 0. The fourth-order valence-electron chi connectivity index (χ4n) is 1.52. The zero-order valence-electron chi connectivity index (χ0n) is 9.36. The Balaban J connectivity index is 2.75. The van der Waals surface area contributed by atoms with Crippen molar-refractivity contribution in [2.45, 2.75) is 26.3 Å². The van der Waals surface area contributed by atoms with Crippen molar-refractivity contribution in [2.75, 3.05) is 0 Å². The van der Waals surface area contributed by atoms with E-state index in [9.17, 15) is 9.59 Å². The highest BCUT2D eigenvalue weighted by Gasteiger charge is 2.18. The zero-order valence-corrected chi connectivity index (χ0v) is 9.36. The predicted molar refractivity (Wildman–Crippen MR) is 60.1 cm³/mol. The van der Waals surface area contributed by atoms with Crippen LogP contribution in [0.1, 0.15) is 18.1 Å². The molecular formula is C12H15NO3. The van der Waals surface area contributed by atoms with Gasteiger partial charge in [-0.25, -0.2) is 4.79 Å². The van der Waals surface area contributed by atoms with Crippen molar-refractivity contribution < 1.29 is 14.7 Å². The van der Waals surface area contributed by atoms with E-state index in [2.05, 4.69) is 5.32 Å². The number of carboxylic acid groups (broad SMARTS) is 1. The standard InChI is InChI=1S/C12H15NO3/c1-8-4-3-5-10(6-8)7-11(12(15)16)13-9(2)14/h3-6,11H,7H2,1-2H3,(H,13,14)(H,15,16). The Morgan fingerprint density at radius 3 is 2.62 bits per heavy atom. The molecule has 0 aliphatic rings. The van der Waals surface area contributed by atoms with Gasteiger partial charge < -0.3 is 10.4 Å². The lowest BCUT2D eigenvalue weighted by Gasteiger charge is -2.13. The average Bonchev–Trinajstić information content (AvgIpc) is 2.15. The van der Waals surface area contributed by atoms with Crippen LogP contribution in [-0.4, -0.2) is 23.0 Å². The smallest absolute Gasteiger partial charge is 0.326 e. The third kappa shape index (κ3) is 3.73. The number of hydrogen-bond acceptors (Lipinski definition) is 2. The first-order valence-electron chi connectivity index (χ1n) is 5.04. The van der Waals surface area contributed by atoms with Crippen LogP contribution in [0.25, 0.3) is 0 Å². The Morgan fingerprint density at radius 2 is 2.12 bits per heavy atom. The molecule has 16 heavy (non-hydrogen) atoms. The quantitative estimate of drug-likeness (QED) is 0.800. The first-order chi connectivity index (χ1) is 7.49. The van der Waals surface area contributed by atoms with Crippen molar-refractivity contribution in [3.63, 3.8) is 0 Å². The van der Waals surface area contributed by atoms with E-state index in [0.717, 1.165) is 11.1 Å². The summed E-state index contributed by atoms with van der Waals surface area (Å²) in [6, 6.07) is 6.72. The average molecular weight is 221 g/mol. The highest BCUT2D eigenvalue weighted by Crippen LogP contribution is 2.07. The van der Waals surface area contributed by atoms with Gasteiger partial charge in [-0.1, -0.05) is 29.8 Å². The highest BCUT2D eigenvalue weighted by atomic mass is 16.4. The summed E-state index contributed by atoms with van der Waals surface area (Å²) in [7, 11) is 0. The third-order valence-corrected chi connectivity index (χ3v) is 2.20. The summed E-state index contributed by atoms with van der Waals surface area (Å²) in [6.45, 7) is 3.25. The number of benzene rings is 1. The van der Waals surface area contributed by atoms with Crippen molar-refractivity contribution in [3.8, 4) is 0 Å². The number of aryl methyl sites for hydroxylation is 1. The lowest BCUT2D eigenvalue weighted by molar-refractivity contribution is -0.141. The number of carboxylic acids is 1. The first kappa shape index (κ1) is 12.2. The molecule has 4 nitrogen and oxygen atoms in total. The largest absolute Gasteiger partial charge is 0.480 e. The number of nitrogens with one attached hydrogen (secondary N) is 1. The molecule has 0 saturated heterocycles. The van der Waals surface area contributed by atoms with Gasteiger partial charge in [-0.05, 0) is 12.5 Å². The molecule has 86 valence electrons. The van der Waals surface area contributed by atoms with Crippen LogP contribution in [-0.2, 0) is 16.0 Å². The van der Waals surface area contributed by atoms with E-state index in [1.165, 1.54) is 6.92 Å². The molecule has 0 spiro atoms. The summed E-state index contributed by atoms with van der Waals surface area (Å²) >= 11 is 0. The molecule has 1 unspecified atom stereocenters. The molecule has 1 aromatic carbocycles. The lowest BCUT2D eigenvalue weighted by Crippen LogP contribution is -2.41. The van der Waals surface area contributed by atoms with E-state index in [4.69, 9.17) is 5.11 Å². The summed E-state index contributed by atoms with van der Waals surface area (Å²) in [4.78, 5) is 21.8. The van der Waals surface area contributed by atoms with Crippen LogP contribution in [0.3, 0.4) is 0 Å². The van der Waals surface area contributed by atoms with Gasteiger partial charge >= 0.3 is 5.97 Å². The minimum absolute atomic E-state index is 0.302. The monoisotopic (exact) mass is 221 g/mol. The Kier molecular flexibility index (Phi) is 4.05. The van der Waals surface area contributed by atoms with Crippen molar-refractivity contribution in [1.82, 2.24) is 5.32 Å². The Morgan fingerprint density at radius 1 is 1.44 bits per heavy atom. The van der Waals surface area contributed by atoms with Crippen LogP contribution < -0.4 is 5.32 Å². The molecule has 0 radical (unpaired) electrons. The van der Waals surface area contributed by atoms with E-state index in [1.54, 1.807) is 0 Å². The number of carbonyl (C=O) groups excluding carboxylic acids is 1. The van der Waals surface area contributed by atoms with Gasteiger partial charge in [0.15, 0.2) is 0 Å². The van der Waals surface area contributed by atoms with Crippen LogP contribution in [0.5, 0.6) is 0 Å². The van der Waals surface area contributed by atoms with Gasteiger partial charge in [0, 0.05) is 13.3 Å². The number of rotatable bonds is 4. The third-order valence-electron chi connectivity index (χ3n) is 2.20.